The Hall–Kier alpha value is -6.03. The predicted octanol–water partition coefficient (Wildman–Crippen LogP) is 9.82. The molecule has 0 spiro atoms. The molecule has 4 aromatic rings. The molecule has 0 atom stereocenters. The van der Waals surface area contributed by atoms with E-state index in [2.05, 4.69) is 92.7 Å². The Bertz CT molecular complexity index is 1720. The third-order valence-corrected chi connectivity index (χ3v) is 9.23. The quantitative estimate of drug-likeness (QED) is 0.117. The minimum atomic E-state index is 0.314. The van der Waals surface area contributed by atoms with Gasteiger partial charge in [0.15, 0.2) is 0 Å². The van der Waals surface area contributed by atoms with Crippen LogP contribution in [0.5, 0.6) is 0 Å². The molecule has 0 unspecified atom stereocenters. The number of hydrogen-bond acceptors (Lipinski definition) is 6. The standard InChI is InChI=1S/C45H48N6/c1-7-49(8-2)40(28-34-22-16-13-17-23-34)43-37(31-46)44(41(50(9-3)10-4)29-35-24-18-14-19-25-35)39(33-48)45(38(43)32-47)42(51(11-5)12-6)30-36-26-20-15-21-27-36/h13-30H,7-12H2,1-6H3. The fourth-order valence-electron chi connectivity index (χ4n) is 6.63. The molecule has 0 bridgehead atoms. The molecule has 6 nitrogen and oxygen atoms in total. The molecule has 0 aliphatic carbocycles. The van der Waals surface area contributed by atoms with Gasteiger partial charge in [-0.1, -0.05) is 91.0 Å². The summed E-state index contributed by atoms with van der Waals surface area (Å²) in [5.41, 5.74) is 7.70. The Labute approximate surface area is 305 Å². The molecule has 0 N–H and O–H groups in total. The lowest BCUT2D eigenvalue weighted by Crippen LogP contribution is -2.28. The Morgan fingerprint density at radius 2 is 0.627 bits per heavy atom. The van der Waals surface area contributed by atoms with Crippen LogP contribution in [0.2, 0.25) is 0 Å². The van der Waals surface area contributed by atoms with Crippen LogP contribution in [0.3, 0.4) is 0 Å². The summed E-state index contributed by atoms with van der Waals surface area (Å²) in [5.74, 6) is 0. The topological polar surface area (TPSA) is 81.1 Å². The van der Waals surface area contributed by atoms with E-state index in [1.54, 1.807) is 0 Å². The van der Waals surface area contributed by atoms with Gasteiger partial charge in [0, 0.05) is 73.1 Å². The lowest BCUT2D eigenvalue weighted by atomic mass is 9.82. The van der Waals surface area contributed by atoms with Crippen molar-refractivity contribution in [2.75, 3.05) is 39.3 Å². The minimum Gasteiger partial charge on any atom is -0.372 e. The summed E-state index contributed by atoms with van der Waals surface area (Å²) in [7, 11) is 0. The maximum Gasteiger partial charge on any atom is 0.101 e. The Morgan fingerprint density at radius 3 is 0.804 bits per heavy atom. The number of nitriles is 3. The summed E-state index contributed by atoms with van der Waals surface area (Å²) in [5, 5.41) is 33.9. The molecule has 6 heteroatoms. The molecule has 0 aliphatic rings. The van der Waals surface area contributed by atoms with Crippen LogP contribution in [0.1, 0.15) is 91.6 Å². The summed E-state index contributed by atoms with van der Waals surface area (Å²) in [6.07, 6.45) is 6.21. The molecule has 258 valence electrons. The van der Waals surface area contributed by atoms with Crippen LogP contribution >= 0.6 is 0 Å². The van der Waals surface area contributed by atoms with Crippen molar-refractivity contribution in [3.05, 3.63) is 141 Å². The van der Waals surface area contributed by atoms with Crippen LogP contribution in [0, 0.1) is 34.0 Å². The first kappa shape index (κ1) is 37.8. The largest absolute Gasteiger partial charge is 0.372 e. The lowest BCUT2D eigenvalue weighted by Gasteiger charge is -2.33. The fraction of sp³-hybridized carbons (Fsp3) is 0.267. The second-order valence-electron chi connectivity index (χ2n) is 11.9. The van der Waals surface area contributed by atoms with Gasteiger partial charge < -0.3 is 14.7 Å². The Morgan fingerprint density at radius 1 is 0.412 bits per heavy atom. The van der Waals surface area contributed by atoms with E-state index in [0.29, 0.717) is 72.6 Å². The van der Waals surface area contributed by atoms with Crippen molar-refractivity contribution in [1.82, 2.24) is 14.7 Å². The average molecular weight is 673 g/mol. The van der Waals surface area contributed by atoms with Gasteiger partial charge in [0.05, 0.1) is 16.7 Å². The molecule has 0 saturated heterocycles. The van der Waals surface area contributed by atoms with E-state index < -0.39 is 0 Å². The molecule has 0 fully saturated rings. The number of hydrogen-bond donors (Lipinski definition) is 0. The molecule has 51 heavy (non-hydrogen) atoms. The summed E-state index contributed by atoms with van der Waals surface area (Å²) in [6.45, 7) is 16.4. The molecule has 0 aromatic heterocycles. The number of nitrogens with zero attached hydrogens (tertiary/aromatic N) is 6. The van der Waals surface area contributed by atoms with Crippen LogP contribution < -0.4 is 0 Å². The van der Waals surface area contributed by atoms with Crippen molar-refractivity contribution in [3.8, 4) is 18.2 Å². The normalized spacial score (nSPS) is 11.7. The molecule has 4 rings (SSSR count). The van der Waals surface area contributed by atoms with Crippen LogP contribution in [-0.4, -0.2) is 54.0 Å². The number of rotatable bonds is 15. The van der Waals surface area contributed by atoms with Crippen molar-refractivity contribution in [2.24, 2.45) is 0 Å². The SMILES string of the molecule is CCN(CC)C(=Cc1ccccc1)c1c(C#N)c(C(=Cc2ccccc2)N(CC)CC)c(C#N)c(C(=Cc2ccccc2)N(CC)CC)c1C#N. The van der Waals surface area contributed by atoms with Gasteiger partial charge in [-0.3, -0.25) is 0 Å². The van der Waals surface area contributed by atoms with Crippen LogP contribution in [0.15, 0.2) is 91.0 Å². The lowest BCUT2D eigenvalue weighted by molar-refractivity contribution is 0.439. The Balaban J connectivity index is 2.39. The highest BCUT2D eigenvalue weighted by molar-refractivity contribution is 5.98. The zero-order chi connectivity index (χ0) is 36.8. The van der Waals surface area contributed by atoms with E-state index in [-0.39, 0.29) is 0 Å². The van der Waals surface area contributed by atoms with Crippen molar-refractivity contribution in [2.45, 2.75) is 41.5 Å². The molecule has 4 aromatic carbocycles. The maximum atomic E-state index is 11.3. The third kappa shape index (κ3) is 8.41. The summed E-state index contributed by atoms with van der Waals surface area (Å²) in [4.78, 5) is 6.58. The molecular formula is C45H48N6. The molecule has 0 heterocycles. The zero-order valence-corrected chi connectivity index (χ0v) is 30.8. The summed E-state index contributed by atoms with van der Waals surface area (Å²) in [6, 6.07) is 37.7. The van der Waals surface area contributed by atoms with Crippen molar-refractivity contribution in [3.63, 3.8) is 0 Å². The van der Waals surface area contributed by atoms with Crippen molar-refractivity contribution < 1.29 is 0 Å². The number of benzene rings is 4. The van der Waals surface area contributed by atoms with Gasteiger partial charge >= 0.3 is 0 Å². The second kappa shape index (κ2) is 18.7. The van der Waals surface area contributed by atoms with Crippen LogP contribution in [-0.2, 0) is 0 Å². The summed E-state index contributed by atoms with van der Waals surface area (Å²) < 4.78 is 0. The van der Waals surface area contributed by atoms with E-state index in [1.807, 2.05) is 91.0 Å². The second-order valence-corrected chi connectivity index (χ2v) is 11.9. The molecular weight excluding hydrogens is 625 g/mol. The molecule has 0 radical (unpaired) electrons. The van der Waals surface area contributed by atoms with Gasteiger partial charge in [0.2, 0.25) is 0 Å². The van der Waals surface area contributed by atoms with E-state index in [1.165, 1.54) is 0 Å². The van der Waals surface area contributed by atoms with Gasteiger partial charge in [-0.15, -0.1) is 0 Å². The smallest absolute Gasteiger partial charge is 0.101 e. The van der Waals surface area contributed by atoms with Crippen molar-refractivity contribution >= 4 is 35.3 Å². The van der Waals surface area contributed by atoms with Gasteiger partial charge in [0.25, 0.3) is 0 Å². The molecule has 0 saturated carbocycles. The highest BCUT2D eigenvalue weighted by Gasteiger charge is 2.33. The first-order chi connectivity index (χ1) is 24.9. The van der Waals surface area contributed by atoms with E-state index in [0.717, 1.165) is 33.8 Å². The third-order valence-electron chi connectivity index (χ3n) is 9.23. The van der Waals surface area contributed by atoms with Gasteiger partial charge in [-0.05, 0) is 76.5 Å². The fourth-order valence-corrected chi connectivity index (χ4v) is 6.63. The van der Waals surface area contributed by atoms with Crippen LogP contribution in [0.4, 0.5) is 0 Å². The average Bonchev–Trinajstić information content (AvgIpc) is 3.18. The first-order valence-corrected chi connectivity index (χ1v) is 17.9. The molecule has 0 aliphatic heterocycles. The highest BCUT2D eigenvalue weighted by atomic mass is 15.1. The van der Waals surface area contributed by atoms with E-state index in [4.69, 9.17) is 0 Å². The zero-order valence-electron chi connectivity index (χ0n) is 30.8. The minimum absolute atomic E-state index is 0.314. The predicted molar refractivity (Wildman–Crippen MR) is 212 cm³/mol. The van der Waals surface area contributed by atoms with Crippen molar-refractivity contribution in [1.29, 1.82) is 15.8 Å². The summed E-state index contributed by atoms with van der Waals surface area (Å²) >= 11 is 0. The molecule has 0 amide bonds. The van der Waals surface area contributed by atoms with Gasteiger partial charge in [0.1, 0.15) is 18.2 Å². The van der Waals surface area contributed by atoms with Crippen LogP contribution in [0.25, 0.3) is 35.3 Å². The Kier molecular flexibility index (Phi) is 13.8. The monoisotopic (exact) mass is 672 g/mol. The van der Waals surface area contributed by atoms with E-state index in [9.17, 15) is 15.8 Å². The van der Waals surface area contributed by atoms with Gasteiger partial charge in [-0.25, -0.2) is 0 Å². The van der Waals surface area contributed by atoms with Gasteiger partial charge in [-0.2, -0.15) is 15.8 Å². The first-order valence-electron chi connectivity index (χ1n) is 17.9. The highest BCUT2D eigenvalue weighted by Crippen LogP contribution is 2.43. The van der Waals surface area contributed by atoms with E-state index >= 15 is 0 Å². The maximum absolute atomic E-state index is 11.3.